The molecule has 0 saturated carbocycles. The van der Waals surface area contributed by atoms with Crippen molar-refractivity contribution >= 4 is 11.6 Å². The number of nitrogens with one attached hydrogen (secondary N) is 1. The lowest BCUT2D eigenvalue weighted by molar-refractivity contribution is 0.102. The van der Waals surface area contributed by atoms with Crippen LogP contribution in [0.5, 0.6) is 0 Å². The molecule has 3 nitrogen and oxygen atoms in total. The third kappa shape index (κ3) is 3.95. The molecule has 0 atom stereocenters. The Morgan fingerprint density at radius 2 is 2.00 bits per heavy atom. The minimum atomic E-state index is -0.161. The summed E-state index contributed by atoms with van der Waals surface area (Å²) in [4.78, 5) is 12.2. The Morgan fingerprint density at radius 3 is 2.67 bits per heavy atom. The van der Waals surface area contributed by atoms with Crippen molar-refractivity contribution in [2.45, 2.75) is 13.8 Å². The van der Waals surface area contributed by atoms with Gasteiger partial charge in [-0.05, 0) is 49.7 Å². The number of benzene rings is 2. The van der Waals surface area contributed by atoms with E-state index in [9.17, 15) is 4.79 Å². The second kappa shape index (κ2) is 6.74. The van der Waals surface area contributed by atoms with Crippen molar-refractivity contribution in [1.82, 2.24) is 0 Å². The molecule has 0 unspecified atom stereocenters. The fourth-order valence-electron chi connectivity index (χ4n) is 2.01. The number of amides is 1. The molecule has 21 heavy (non-hydrogen) atoms. The third-order valence-corrected chi connectivity index (χ3v) is 3.07. The standard InChI is InChI=1S/C18H17NO2/c1-13-5-3-6-16(11-13)18(21)19-17-9-8-15(7-4-10-20)14(2)12-17/h3,5-6,8-9,11-12,20H,10H2,1-2H3,(H,19,21). The molecule has 3 heteroatoms. The van der Waals surface area contributed by atoms with Crippen LogP contribution in [-0.4, -0.2) is 17.6 Å². The summed E-state index contributed by atoms with van der Waals surface area (Å²) in [5.41, 5.74) is 4.22. The molecule has 2 rings (SSSR count). The van der Waals surface area contributed by atoms with Crippen LogP contribution in [0.3, 0.4) is 0 Å². The van der Waals surface area contributed by atoms with Gasteiger partial charge in [-0.1, -0.05) is 29.5 Å². The summed E-state index contributed by atoms with van der Waals surface area (Å²) in [7, 11) is 0. The topological polar surface area (TPSA) is 49.3 Å². The summed E-state index contributed by atoms with van der Waals surface area (Å²) in [5, 5.41) is 11.6. The molecule has 0 fully saturated rings. The highest BCUT2D eigenvalue weighted by atomic mass is 16.2. The highest BCUT2D eigenvalue weighted by molar-refractivity contribution is 6.04. The van der Waals surface area contributed by atoms with Gasteiger partial charge in [0.05, 0.1) is 0 Å². The summed E-state index contributed by atoms with van der Waals surface area (Å²) in [6, 6.07) is 13.0. The van der Waals surface area contributed by atoms with Crippen molar-refractivity contribution in [2.24, 2.45) is 0 Å². The van der Waals surface area contributed by atoms with E-state index in [1.54, 1.807) is 6.07 Å². The molecule has 0 aliphatic rings. The number of rotatable bonds is 2. The van der Waals surface area contributed by atoms with E-state index in [0.29, 0.717) is 5.56 Å². The van der Waals surface area contributed by atoms with Crippen molar-refractivity contribution in [2.75, 3.05) is 11.9 Å². The number of hydrogen-bond donors (Lipinski definition) is 2. The summed E-state index contributed by atoms with van der Waals surface area (Å²) >= 11 is 0. The van der Waals surface area contributed by atoms with E-state index in [0.717, 1.165) is 22.4 Å². The predicted octanol–water partition coefficient (Wildman–Crippen LogP) is 2.90. The zero-order valence-electron chi connectivity index (χ0n) is 12.1. The van der Waals surface area contributed by atoms with Crippen LogP contribution in [0.2, 0.25) is 0 Å². The maximum absolute atomic E-state index is 12.2. The fourth-order valence-corrected chi connectivity index (χ4v) is 2.01. The van der Waals surface area contributed by atoms with Crippen LogP contribution in [-0.2, 0) is 0 Å². The molecule has 106 valence electrons. The number of aryl methyl sites for hydroxylation is 2. The smallest absolute Gasteiger partial charge is 0.255 e. The molecule has 0 spiro atoms. The van der Waals surface area contributed by atoms with E-state index in [2.05, 4.69) is 17.2 Å². The van der Waals surface area contributed by atoms with Crippen LogP contribution in [0.15, 0.2) is 42.5 Å². The summed E-state index contributed by atoms with van der Waals surface area (Å²) in [5.74, 6) is 5.35. The van der Waals surface area contributed by atoms with Crippen LogP contribution in [0.25, 0.3) is 0 Å². The van der Waals surface area contributed by atoms with Crippen LogP contribution >= 0.6 is 0 Å². The Balaban J connectivity index is 2.17. The Morgan fingerprint density at radius 1 is 1.19 bits per heavy atom. The average Bonchev–Trinajstić information content (AvgIpc) is 2.46. The van der Waals surface area contributed by atoms with Crippen LogP contribution in [0.4, 0.5) is 5.69 Å². The summed E-state index contributed by atoms with van der Waals surface area (Å²) < 4.78 is 0. The minimum Gasteiger partial charge on any atom is -0.384 e. The number of aliphatic hydroxyl groups is 1. The molecule has 0 radical (unpaired) electrons. The van der Waals surface area contributed by atoms with Gasteiger partial charge in [0, 0.05) is 16.8 Å². The minimum absolute atomic E-state index is 0.132. The molecule has 1 amide bonds. The van der Waals surface area contributed by atoms with E-state index >= 15 is 0 Å². The molecular weight excluding hydrogens is 262 g/mol. The van der Waals surface area contributed by atoms with Crippen molar-refractivity contribution in [3.05, 3.63) is 64.7 Å². The van der Waals surface area contributed by atoms with E-state index in [-0.39, 0.29) is 12.5 Å². The molecule has 2 N–H and O–H groups in total. The largest absolute Gasteiger partial charge is 0.384 e. The number of carbonyl (C=O) groups excluding carboxylic acids is 1. The molecule has 2 aromatic rings. The second-order valence-corrected chi connectivity index (χ2v) is 4.81. The van der Waals surface area contributed by atoms with Gasteiger partial charge in [0.25, 0.3) is 5.91 Å². The molecule has 0 aliphatic carbocycles. The number of carbonyl (C=O) groups is 1. The molecule has 0 aliphatic heterocycles. The maximum atomic E-state index is 12.2. The van der Waals surface area contributed by atoms with Gasteiger partial charge in [0.15, 0.2) is 0 Å². The molecule has 2 aromatic carbocycles. The van der Waals surface area contributed by atoms with Gasteiger partial charge >= 0.3 is 0 Å². The van der Waals surface area contributed by atoms with Crippen LogP contribution in [0, 0.1) is 25.7 Å². The van der Waals surface area contributed by atoms with E-state index in [1.807, 2.05) is 50.2 Å². The quantitative estimate of drug-likeness (QED) is 0.830. The maximum Gasteiger partial charge on any atom is 0.255 e. The van der Waals surface area contributed by atoms with Gasteiger partial charge in [0.2, 0.25) is 0 Å². The first-order chi connectivity index (χ1) is 10.1. The highest BCUT2D eigenvalue weighted by Gasteiger charge is 2.06. The predicted molar refractivity (Wildman–Crippen MR) is 84.3 cm³/mol. The lowest BCUT2D eigenvalue weighted by Gasteiger charge is -2.08. The summed E-state index contributed by atoms with van der Waals surface area (Å²) in [6.45, 7) is 3.71. The van der Waals surface area contributed by atoms with Gasteiger partial charge < -0.3 is 10.4 Å². The summed E-state index contributed by atoms with van der Waals surface area (Å²) in [6.07, 6.45) is 0. The zero-order chi connectivity index (χ0) is 15.2. The van der Waals surface area contributed by atoms with Crippen molar-refractivity contribution < 1.29 is 9.90 Å². The first-order valence-electron chi connectivity index (χ1n) is 6.68. The van der Waals surface area contributed by atoms with Gasteiger partial charge in [0.1, 0.15) is 6.61 Å². The lowest BCUT2D eigenvalue weighted by Crippen LogP contribution is -2.12. The highest BCUT2D eigenvalue weighted by Crippen LogP contribution is 2.16. The molecule has 0 heterocycles. The fraction of sp³-hybridized carbons (Fsp3) is 0.167. The van der Waals surface area contributed by atoms with Gasteiger partial charge in [-0.25, -0.2) is 0 Å². The van der Waals surface area contributed by atoms with Crippen molar-refractivity contribution in [1.29, 1.82) is 0 Å². The molecule has 0 aromatic heterocycles. The van der Waals surface area contributed by atoms with Gasteiger partial charge in [-0.2, -0.15) is 0 Å². The first-order valence-corrected chi connectivity index (χ1v) is 6.68. The molecule has 0 saturated heterocycles. The van der Waals surface area contributed by atoms with Crippen LogP contribution in [0.1, 0.15) is 27.0 Å². The number of anilines is 1. The normalized spacial score (nSPS) is 9.67. The SMILES string of the molecule is Cc1cccc(C(=O)Nc2ccc(C#CCO)c(C)c2)c1. The first kappa shape index (κ1) is 14.8. The number of aliphatic hydroxyl groups excluding tert-OH is 1. The van der Waals surface area contributed by atoms with E-state index in [1.165, 1.54) is 0 Å². The van der Waals surface area contributed by atoms with E-state index < -0.39 is 0 Å². The van der Waals surface area contributed by atoms with Crippen LogP contribution < -0.4 is 5.32 Å². The molecule has 0 bridgehead atoms. The second-order valence-electron chi connectivity index (χ2n) is 4.81. The zero-order valence-corrected chi connectivity index (χ0v) is 12.1. The van der Waals surface area contributed by atoms with Crippen molar-refractivity contribution in [3.63, 3.8) is 0 Å². The van der Waals surface area contributed by atoms with E-state index in [4.69, 9.17) is 5.11 Å². The monoisotopic (exact) mass is 279 g/mol. The lowest BCUT2D eigenvalue weighted by atomic mass is 10.1. The Hall–Kier alpha value is -2.57. The Labute approximate surface area is 124 Å². The van der Waals surface area contributed by atoms with Crippen molar-refractivity contribution in [3.8, 4) is 11.8 Å². The molecular formula is C18H17NO2. The Kier molecular flexibility index (Phi) is 4.76. The van der Waals surface area contributed by atoms with Gasteiger partial charge in [-0.3, -0.25) is 4.79 Å². The van der Waals surface area contributed by atoms with Gasteiger partial charge in [-0.15, -0.1) is 0 Å². The Bertz CT molecular complexity index is 723. The average molecular weight is 279 g/mol. The number of hydrogen-bond acceptors (Lipinski definition) is 2. The third-order valence-electron chi connectivity index (χ3n) is 3.07.